The van der Waals surface area contributed by atoms with E-state index in [1.165, 1.54) is 11.1 Å². The second-order valence-corrected chi connectivity index (χ2v) is 8.54. The number of rotatable bonds is 5. The molecule has 1 aliphatic heterocycles. The maximum Gasteiger partial charge on any atom is 0.407 e. The summed E-state index contributed by atoms with van der Waals surface area (Å²) >= 11 is 0. The number of alkyl carbamates (subject to hydrolysis) is 1. The lowest BCUT2D eigenvalue weighted by atomic mass is 10.1. The number of hydrogen-bond acceptors (Lipinski definition) is 4. The van der Waals surface area contributed by atoms with Crippen LogP contribution in [0.2, 0.25) is 0 Å². The molecule has 0 bridgehead atoms. The molecule has 1 aliphatic rings. The third-order valence-electron chi connectivity index (χ3n) is 4.36. The Labute approximate surface area is 192 Å². The fourth-order valence-corrected chi connectivity index (χ4v) is 3.26. The van der Waals surface area contributed by atoms with Crippen molar-refractivity contribution in [1.29, 1.82) is 0 Å². The number of nitrogens with one attached hydrogen (secondary N) is 2. The number of benzene rings is 1. The maximum atomic E-state index is 12.0. The summed E-state index contributed by atoms with van der Waals surface area (Å²) in [6, 6.07) is 8.64. The highest BCUT2D eigenvalue weighted by atomic mass is 127. The van der Waals surface area contributed by atoms with Crippen LogP contribution in [0, 0.1) is 0 Å². The Morgan fingerprint density at radius 2 is 2.00 bits per heavy atom. The van der Waals surface area contributed by atoms with Crippen LogP contribution in [-0.4, -0.2) is 67.7 Å². The Bertz CT molecular complexity index is 688. The van der Waals surface area contributed by atoms with E-state index in [4.69, 9.17) is 4.74 Å². The van der Waals surface area contributed by atoms with Gasteiger partial charge in [-0.15, -0.1) is 24.0 Å². The normalized spacial score (nSPS) is 17.1. The summed E-state index contributed by atoms with van der Waals surface area (Å²) in [5.41, 5.74) is 2.03. The molecular weight excluding hydrogens is 481 g/mol. The minimum absolute atomic E-state index is 0. The van der Waals surface area contributed by atoms with E-state index in [1.54, 1.807) is 7.05 Å². The average molecular weight is 517 g/mol. The third-order valence-corrected chi connectivity index (χ3v) is 4.36. The SMILES string of the molecule is CN=C(NCc1cccc(CN(C)C)c1)N1CCC(NC(=O)OC(C)(C)C)C1.I. The minimum atomic E-state index is -0.485. The number of carbonyl (C=O) groups excluding carboxylic acids is 1. The molecule has 7 nitrogen and oxygen atoms in total. The van der Waals surface area contributed by atoms with E-state index in [1.807, 2.05) is 20.8 Å². The predicted molar refractivity (Wildman–Crippen MR) is 129 cm³/mol. The van der Waals surface area contributed by atoms with E-state index < -0.39 is 5.60 Å². The van der Waals surface area contributed by atoms with Gasteiger partial charge in [-0.2, -0.15) is 0 Å². The molecule has 0 aliphatic carbocycles. The van der Waals surface area contributed by atoms with Crippen LogP contribution in [0.4, 0.5) is 4.79 Å². The van der Waals surface area contributed by atoms with Gasteiger partial charge in [-0.25, -0.2) is 4.79 Å². The van der Waals surface area contributed by atoms with Crippen LogP contribution < -0.4 is 10.6 Å². The number of nitrogens with zero attached hydrogens (tertiary/aromatic N) is 3. The van der Waals surface area contributed by atoms with E-state index in [0.717, 1.165) is 32.0 Å². The number of carbonyl (C=O) groups is 1. The topological polar surface area (TPSA) is 69.2 Å². The van der Waals surface area contributed by atoms with E-state index in [9.17, 15) is 4.79 Å². The summed E-state index contributed by atoms with van der Waals surface area (Å²) in [6.45, 7) is 8.81. The number of halogens is 1. The number of amides is 1. The summed E-state index contributed by atoms with van der Waals surface area (Å²) in [7, 11) is 5.93. The van der Waals surface area contributed by atoms with Gasteiger partial charge in [0.25, 0.3) is 0 Å². The molecule has 1 aromatic rings. The largest absolute Gasteiger partial charge is 0.444 e. The van der Waals surface area contributed by atoms with Gasteiger partial charge in [-0.1, -0.05) is 24.3 Å². The molecule has 0 saturated carbocycles. The van der Waals surface area contributed by atoms with Crippen molar-refractivity contribution in [2.75, 3.05) is 34.2 Å². The molecule has 29 heavy (non-hydrogen) atoms. The molecule has 2 N–H and O–H groups in total. The lowest BCUT2D eigenvalue weighted by molar-refractivity contribution is 0.0507. The zero-order valence-electron chi connectivity index (χ0n) is 18.5. The molecule has 1 unspecified atom stereocenters. The Kier molecular flexibility index (Phi) is 10.2. The molecule has 0 spiro atoms. The van der Waals surface area contributed by atoms with Crippen molar-refractivity contribution in [3.05, 3.63) is 35.4 Å². The first-order chi connectivity index (χ1) is 13.2. The fourth-order valence-electron chi connectivity index (χ4n) is 3.26. The molecule has 0 aromatic heterocycles. The van der Waals surface area contributed by atoms with Gasteiger partial charge in [0.05, 0.1) is 6.04 Å². The van der Waals surface area contributed by atoms with Crippen molar-refractivity contribution in [1.82, 2.24) is 20.4 Å². The van der Waals surface area contributed by atoms with Crippen LogP contribution >= 0.6 is 24.0 Å². The average Bonchev–Trinajstić information content (AvgIpc) is 3.01. The Hall–Kier alpha value is -1.55. The molecule has 1 heterocycles. The summed E-state index contributed by atoms with van der Waals surface area (Å²) in [5, 5.41) is 6.39. The lowest BCUT2D eigenvalue weighted by Crippen LogP contribution is -2.44. The number of ether oxygens (including phenoxy) is 1. The highest BCUT2D eigenvalue weighted by molar-refractivity contribution is 14.0. The molecule has 1 aromatic carbocycles. The van der Waals surface area contributed by atoms with E-state index in [0.29, 0.717) is 6.54 Å². The molecule has 1 amide bonds. The minimum Gasteiger partial charge on any atom is -0.444 e. The Morgan fingerprint density at radius 1 is 1.31 bits per heavy atom. The van der Waals surface area contributed by atoms with E-state index in [-0.39, 0.29) is 36.1 Å². The van der Waals surface area contributed by atoms with Crippen LogP contribution in [0.5, 0.6) is 0 Å². The second kappa shape index (κ2) is 11.6. The summed E-state index contributed by atoms with van der Waals surface area (Å²) < 4.78 is 5.35. The number of hydrogen-bond donors (Lipinski definition) is 2. The maximum absolute atomic E-state index is 12.0. The van der Waals surface area contributed by atoms with Gasteiger partial charge in [0.15, 0.2) is 5.96 Å². The van der Waals surface area contributed by atoms with Gasteiger partial charge in [0, 0.05) is 33.2 Å². The van der Waals surface area contributed by atoms with E-state index in [2.05, 4.69) is 63.8 Å². The fraction of sp³-hybridized carbons (Fsp3) is 0.619. The molecule has 1 fully saturated rings. The van der Waals surface area contributed by atoms with Crippen molar-refractivity contribution in [2.24, 2.45) is 4.99 Å². The summed E-state index contributed by atoms with van der Waals surface area (Å²) in [5.74, 6) is 0.853. The molecule has 0 radical (unpaired) electrons. The Balaban J connectivity index is 0.00000420. The second-order valence-electron chi connectivity index (χ2n) is 8.54. The van der Waals surface area contributed by atoms with Gasteiger partial charge in [0.2, 0.25) is 0 Å². The van der Waals surface area contributed by atoms with Gasteiger partial charge in [-0.05, 0) is 52.4 Å². The highest BCUT2D eigenvalue weighted by Gasteiger charge is 2.27. The number of aliphatic imine (C=N–C) groups is 1. The lowest BCUT2D eigenvalue weighted by Gasteiger charge is -2.23. The zero-order valence-corrected chi connectivity index (χ0v) is 20.8. The van der Waals surface area contributed by atoms with E-state index >= 15 is 0 Å². The smallest absolute Gasteiger partial charge is 0.407 e. The zero-order chi connectivity index (χ0) is 20.7. The first-order valence-electron chi connectivity index (χ1n) is 9.84. The highest BCUT2D eigenvalue weighted by Crippen LogP contribution is 2.13. The molecule has 2 rings (SSSR count). The van der Waals surface area contributed by atoms with Gasteiger partial charge in [0.1, 0.15) is 5.60 Å². The molecule has 164 valence electrons. The van der Waals surface area contributed by atoms with Crippen LogP contribution in [0.15, 0.2) is 29.3 Å². The predicted octanol–water partition coefficient (Wildman–Crippen LogP) is 3.04. The van der Waals surface area contributed by atoms with Crippen molar-refractivity contribution in [3.63, 3.8) is 0 Å². The van der Waals surface area contributed by atoms with Crippen LogP contribution in [0.25, 0.3) is 0 Å². The van der Waals surface area contributed by atoms with Crippen molar-refractivity contribution >= 4 is 36.0 Å². The third kappa shape index (κ3) is 9.20. The standard InChI is InChI=1S/C21H35N5O2.HI/c1-21(2,3)28-20(27)24-18-10-11-26(15-18)19(22-4)23-13-16-8-7-9-17(12-16)14-25(5)6;/h7-9,12,18H,10-11,13-15H2,1-6H3,(H,22,23)(H,24,27);1H. The van der Waals surface area contributed by atoms with Crippen LogP contribution in [0.1, 0.15) is 38.3 Å². The molecule has 1 atom stereocenters. The first-order valence-corrected chi connectivity index (χ1v) is 9.84. The van der Waals surface area contributed by atoms with Gasteiger partial charge < -0.3 is 25.2 Å². The monoisotopic (exact) mass is 517 g/mol. The number of guanidine groups is 1. The van der Waals surface area contributed by atoms with Gasteiger partial charge >= 0.3 is 6.09 Å². The summed E-state index contributed by atoms with van der Waals surface area (Å²) in [4.78, 5) is 20.7. The Morgan fingerprint density at radius 3 is 2.62 bits per heavy atom. The van der Waals surface area contributed by atoms with Crippen molar-refractivity contribution < 1.29 is 9.53 Å². The van der Waals surface area contributed by atoms with Gasteiger partial charge in [-0.3, -0.25) is 4.99 Å². The molecule has 8 heteroatoms. The summed E-state index contributed by atoms with van der Waals surface area (Å²) in [6.07, 6.45) is 0.512. The van der Waals surface area contributed by atoms with Crippen molar-refractivity contribution in [2.45, 2.75) is 51.9 Å². The van der Waals surface area contributed by atoms with Crippen molar-refractivity contribution in [3.8, 4) is 0 Å². The van der Waals surface area contributed by atoms with Crippen LogP contribution in [-0.2, 0) is 17.8 Å². The molecular formula is C21H36IN5O2. The number of likely N-dealkylation sites (tertiary alicyclic amines) is 1. The quantitative estimate of drug-likeness (QED) is 0.357. The van der Waals surface area contributed by atoms with Crippen LogP contribution in [0.3, 0.4) is 0 Å². The molecule has 1 saturated heterocycles. The first kappa shape index (κ1) is 25.5.